The van der Waals surface area contributed by atoms with Crippen LogP contribution in [0.2, 0.25) is 15.1 Å². The molecule has 0 saturated carbocycles. The molecule has 1 aromatic carbocycles. The Morgan fingerprint density at radius 2 is 1.64 bits per heavy atom. The first-order chi connectivity index (χ1) is 10.2. The van der Waals surface area contributed by atoms with Gasteiger partial charge >= 0.3 is 6.03 Å². The van der Waals surface area contributed by atoms with Gasteiger partial charge in [-0.3, -0.25) is 20.0 Å². The lowest BCUT2D eigenvalue weighted by Crippen LogP contribution is -2.52. The van der Waals surface area contributed by atoms with Crippen LogP contribution in [0.5, 0.6) is 0 Å². The van der Waals surface area contributed by atoms with Gasteiger partial charge in [-0.05, 0) is 12.1 Å². The maximum atomic E-state index is 12.1. The van der Waals surface area contributed by atoms with Gasteiger partial charge in [0.05, 0.1) is 26.5 Å². The van der Waals surface area contributed by atoms with E-state index in [1.54, 1.807) is 0 Å². The van der Waals surface area contributed by atoms with Gasteiger partial charge in [0.2, 0.25) is 0 Å². The molecule has 6 nitrogen and oxygen atoms in total. The number of carbonyl (C=O) groups is 2. The monoisotopic (exact) mass is 360 g/mol. The lowest BCUT2D eigenvalue weighted by atomic mass is 10.2. The largest absolute Gasteiger partial charge is 0.331 e. The van der Waals surface area contributed by atoms with Crippen molar-refractivity contribution in [2.75, 3.05) is 19.5 Å². The summed E-state index contributed by atoms with van der Waals surface area (Å²) in [6.45, 7) is 3.68. The Kier molecular flexibility index (Phi) is 4.65. The first kappa shape index (κ1) is 16.6. The second-order valence-corrected chi connectivity index (χ2v) is 5.69. The molecule has 0 unspecified atom stereocenters. The van der Waals surface area contributed by atoms with Gasteiger partial charge in [0, 0.05) is 14.1 Å². The zero-order chi connectivity index (χ0) is 16.6. The van der Waals surface area contributed by atoms with Crippen molar-refractivity contribution in [1.29, 1.82) is 0 Å². The van der Waals surface area contributed by atoms with Crippen LogP contribution >= 0.6 is 34.8 Å². The van der Waals surface area contributed by atoms with Crippen molar-refractivity contribution in [1.82, 2.24) is 9.80 Å². The van der Waals surface area contributed by atoms with Crippen molar-refractivity contribution < 1.29 is 9.59 Å². The Bertz CT molecular complexity index is 691. The van der Waals surface area contributed by atoms with Gasteiger partial charge in [-0.25, -0.2) is 4.79 Å². The molecule has 0 atom stereocenters. The number of benzene rings is 1. The van der Waals surface area contributed by atoms with Crippen molar-refractivity contribution >= 4 is 58.1 Å². The van der Waals surface area contributed by atoms with Crippen molar-refractivity contribution in [3.8, 4) is 0 Å². The van der Waals surface area contributed by atoms with Crippen LogP contribution in [-0.4, -0.2) is 41.5 Å². The predicted molar refractivity (Wildman–Crippen MR) is 87.6 cm³/mol. The molecule has 1 aliphatic rings. The summed E-state index contributed by atoms with van der Waals surface area (Å²) in [6, 6.07) is 2.44. The first-order valence-electron chi connectivity index (χ1n) is 5.97. The third kappa shape index (κ3) is 2.90. The highest BCUT2D eigenvalue weighted by Crippen LogP contribution is 2.32. The van der Waals surface area contributed by atoms with Gasteiger partial charge in [-0.2, -0.15) is 5.10 Å². The fourth-order valence-corrected chi connectivity index (χ4v) is 2.29. The Hall–Kier alpha value is -1.76. The number of rotatable bonds is 2. The number of hydrazone groups is 1. The third-order valence-corrected chi connectivity index (χ3v) is 4.09. The molecule has 9 heteroatoms. The maximum Gasteiger partial charge on any atom is 0.331 e. The molecule has 2 rings (SSSR count). The van der Waals surface area contributed by atoms with Crippen LogP contribution in [-0.2, 0) is 4.79 Å². The second-order valence-electron chi connectivity index (χ2n) is 4.47. The standard InChI is InChI=1S/C13H11Cl3N4O2/c1-6-11(12(21)20(3)13(22)19(6)2)18-17-10-5-8(15)7(14)4-9(10)16/h4-5,17H,1H2,2-3H3. The molecule has 0 radical (unpaired) electrons. The molecule has 0 bridgehead atoms. The number of nitrogens with one attached hydrogen (secondary N) is 1. The van der Waals surface area contributed by atoms with Crippen LogP contribution in [0.4, 0.5) is 10.5 Å². The molecule has 116 valence electrons. The van der Waals surface area contributed by atoms with Crippen LogP contribution in [0.1, 0.15) is 0 Å². The number of imide groups is 1. The molecule has 1 aromatic rings. The number of hydrogen-bond donors (Lipinski definition) is 1. The molecular formula is C13H11Cl3N4O2. The number of amides is 3. The summed E-state index contributed by atoms with van der Waals surface area (Å²) in [5, 5.41) is 4.84. The first-order valence-corrected chi connectivity index (χ1v) is 7.10. The molecule has 22 heavy (non-hydrogen) atoms. The van der Waals surface area contributed by atoms with Crippen LogP contribution in [0.3, 0.4) is 0 Å². The number of carbonyl (C=O) groups excluding carboxylic acids is 2. The lowest BCUT2D eigenvalue weighted by Gasteiger charge is -2.31. The summed E-state index contributed by atoms with van der Waals surface area (Å²) in [4.78, 5) is 26.0. The average Bonchev–Trinajstić information content (AvgIpc) is 2.48. The van der Waals surface area contributed by atoms with E-state index in [1.807, 2.05) is 0 Å². The Labute approximate surface area is 141 Å². The molecule has 1 saturated heterocycles. The normalized spacial score (nSPS) is 17.5. The maximum absolute atomic E-state index is 12.1. The fraction of sp³-hybridized carbons (Fsp3) is 0.154. The Morgan fingerprint density at radius 1 is 1.05 bits per heavy atom. The summed E-state index contributed by atoms with van der Waals surface area (Å²) in [5.74, 6) is -0.572. The molecule has 1 N–H and O–H groups in total. The van der Waals surface area contributed by atoms with Crippen molar-refractivity contribution in [2.45, 2.75) is 0 Å². The van der Waals surface area contributed by atoms with E-state index in [4.69, 9.17) is 34.8 Å². The highest BCUT2D eigenvalue weighted by molar-refractivity contribution is 6.49. The molecular weight excluding hydrogens is 351 g/mol. The van der Waals surface area contributed by atoms with Gasteiger partial charge in [-0.1, -0.05) is 41.4 Å². The number of halogens is 3. The van der Waals surface area contributed by atoms with Gasteiger partial charge < -0.3 is 0 Å². The number of anilines is 1. The van der Waals surface area contributed by atoms with Crippen LogP contribution in [0.15, 0.2) is 29.5 Å². The molecule has 1 aliphatic heterocycles. The highest BCUT2D eigenvalue weighted by atomic mass is 35.5. The van der Waals surface area contributed by atoms with Gasteiger partial charge in [0.25, 0.3) is 5.91 Å². The summed E-state index contributed by atoms with van der Waals surface area (Å²) in [6.07, 6.45) is 0. The van der Waals surface area contributed by atoms with Crippen LogP contribution in [0.25, 0.3) is 0 Å². The van der Waals surface area contributed by atoms with E-state index >= 15 is 0 Å². The van der Waals surface area contributed by atoms with E-state index in [0.717, 1.165) is 4.90 Å². The molecule has 0 aliphatic carbocycles. The van der Waals surface area contributed by atoms with Gasteiger partial charge in [0.15, 0.2) is 5.71 Å². The van der Waals surface area contributed by atoms with Crippen molar-refractivity contribution in [3.63, 3.8) is 0 Å². The zero-order valence-corrected chi connectivity index (χ0v) is 13.9. The fourth-order valence-electron chi connectivity index (χ4n) is 1.71. The zero-order valence-electron chi connectivity index (χ0n) is 11.7. The van der Waals surface area contributed by atoms with Crippen molar-refractivity contribution in [3.05, 3.63) is 39.5 Å². The summed E-state index contributed by atoms with van der Waals surface area (Å²) < 4.78 is 0. The van der Waals surface area contributed by atoms with Crippen LogP contribution < -0.4 is 5.43 Å². The summed E-state index contributed by atoms with van der Waals surface area (Å²) in [5.41, 5.74) is 3.17. The topological polar surface area (TPSA) is 65.0 Å². The van der Waals surface area contributed by atoms with E-state index in [1.165, 1.54) is 31.1 Å². The number of hydrogen-bond acceptors (Lipinski definition) is 4. The summed E-state index contributed by atoms with van der Waals surface area (Å²) in [7, 11) is 2.85. The average molecular weight is 362 g/mol. The van der Waals surface area contributed by atoms with Crippen LogP contribution in [0, 0.1) is 0 Å². The van der Waals surface area contributed by atoms with Gasteiger partial charge in [0.1, 0.15) is 0 Å². The molecule has 0 spiro atoms. The molecule has 1 fully saturated rings. The van der Waals surface area contributed by atoms with Crippen molar-refractivity contribution in [2.24, 2.45) is 5.10 Å². The number of nitrogens with zero attached hydrogens (tertiary/aromatic N) is 3. The number of urea groups is 1. The smallest absolute Gasteiger partial charge is 0.295 e. The van der Waals surface area contributed by atoms with E-state index in [2.05, 4.69) is 17.1 Å². The van der Waals surface area contributed by atoms with E-state index in [0.29, 0.717) is 10.7 Å². The highest BCUT2D eigenvalue weighted by Gasteiger charge is 2.35. The quantitative estimate of drug-likeness (QED) is 0.648. The predicted octanol–water partition coefficient (Wildman–Crippen LogP) is 3.45. The van der Waals surface area contributed by atoms with E-state index < -0.39 is 11.9 Å². The molecule has 0 aromatic heterocycles. The second kappa shape index (κ2) is 6.16. The van der Waals surface area contributed by atoms with E-state index in [-0.39, 0.29) is 21.5 Å². The molecule has 3 amide bonds. The molecule has 1 heterocycles. The minimum absolute atomic E-state index is 0.00765. The van der Waals surface area contributed by atoms with E-state index in [9.17, 15) is 9.59 Å². The van der Waals surface area contributed by atoms with Gasteiger partial charge in [-0.15, -0.1) is 0 Å². The third-order valence-electron chi connectivity index (χ3n) is 3.06. The Morgan fingerprint density at radius 3 is 2.27 bits per heavy atom. The minimum Gasteiger partial charge on any atom is -0.295 e. The summed E-state index contributed by atoms with van der Waals surface area (Å²) >= 11 is 17.8. The minimum atomic E-state index is -0.572. The SMILES string of the molecule is C=C1C(=NNc2cc(Cl)c(Cl)cc2Cl)C(=O)N(C)C(=O)N1C. The Balaban J connectivity index is 2.33. The lowest BCUT2D eigenvalue weighted by molar-refractivity contribution is -0.121.